The molecule has 0 aliphatic heterocycles. The molecular formula is C21H31N3O2. The highest BCUT2D eigenvalue weighted by atomic mass is 16.5. The summed E-state index contributed by atoms with van der Waals surface area (Å²) in [5.74, 6) is 0.841. The number of nitrogens with zero attached hydrogens (tertiary/aromatic N) is 2. The molecule has 142 valence electrons. The molecule has 2 aromatic rings. The van der Waals surface area contributed by atoms with Gasteiger partial charge in [-0.25, -0.2) is 0 Å². The van der Waals surface area contributed by atoms with Crippen LogP contribution in [-0.2, 0) is 6.54 Å². The molecule has 26 heavy (non-hydrogen) atoms. The van der Waals surface area contributed by atoms with Gasteiger partial charge in [0.05, 0.1) is 12.2 Å². The van der Waals surface area contributed by atoms with E-state index in [4.69, 9.17) is 4.74 Å². The standard InChI is InChI=1S/C21H31N3O2/c1-14-7-5-8-18(13-14)26-20-10-6-9-19(21(20)25)22-11-12-24-17(4)15(2)16(3)23-24/h5,7-8,13,19-22,25H,6,9-12H2,1-4H3/t19-,20+,21+/m0/s1. The number of aliphatic hydroxyl groups excluding tert-OH is 1. The summed E-state index contributed by atoms with van der Waals surface area (Å²) in [6, 6.07) is 8.09. The molecule has 0 spiro atoms. The first-order valence-electron chi connectivity index (χ1n) is 9.61. The molecule has 1 saturated carbocycles. The van der Waals surface area contributed by atoms with Gasteiger partial charge < -0.3 is 15.2 Å². The molecule has 1 aliphatic rings. The lowest BCUT2D eigenvalue weighted by molar-refractivity contribution is -0.0154. The van der Waals surface area contributed by atoms with E-state index in [9.17, 15) is 5.11 Å². The van der Waals surface area contributed by atoms with Crippen molar-refractivity contribution in [2.45, 2.75) is 71.8 Å². The monoisotopic (exact) mass is 357 g/mol. The molecule has 1 heterocycles. The first kappa shape index (κ1) is 18.9. The van der Waals surface area contributed by atoms with Crippen molar-refractivity contribution >= 4 is 0 Å². The Hall–Kier alpha value is -1.85. The second-order valence-electron chi connectivity index (χ2n) is 7.47. The summed E-state index contributed by atoms with van der Waals surface area (Å²) in [6.45, 7) is 9.92. The molecule has 1 aromatic heterocycles. The zero-order valence-electron chi connectivity index (χ0n) is 16.3. The second-order valence-corrected chi connectivity index (χ2v) is 7.47. The SMILES string of the molecule is Cc1cccc(O[C@@H]2CCC[C@H](NCCn3nc(C)c(C)c3C)[C@H]2O)c1. The number of hydrogen-bond acceptors (Lipinski definition) is 4. The lowest BCUT2D eigenvalue weighted by atomic mass is 9.90. The Labute approximate surface area is 156 Å². The molecule has 2 N–H and O–H groups in total. The average molecular weight is 357 g/mol. The molecule has 0 saturated heterocycles. The predicted molar refractivity (Wildman–Crippen MR) is 104 cm³/mol. The van der Waals surface area contributed by atoms with Crippen molar-refractivity contribution in [1.82, 2.24) is 15.1 Å². The number of hydrogen-bond donors (Lipinski definition) is 2. The van der Waals surface area contributed by atoms with Gasteiger partial charge >= 0.3 is 0 Å². The molecule has 1 fully saturated rings. The zero-order valence-corrected chi connectivity index (χ0v) is 16.3. The van der Waals surface area contributed by atoms with Crippen molar-refractivity contribution in [3.8, 4) is 5.75 Å². The largest absolute Gasteiger partial charge is 0.488 e. The molecular weight excluding hydrogens is 326 g/mol. The van der Waals surface area contributed by atoms with Crippen LogP contribution in [0.2, 0.25) is 0 Å². The van der Waals surface area contributed by atoms with E-state index in [1.54, 1.807) is 0 Å². The van der Waals surface area contributed by atoms with Crippen LogP contribution in [0.4, 0.5) is 0 Å². The summed E-state index contributed by atoms with van der Waals surface area (Å²) < 4.78 is 8.12. The Morgan fingerprint density at radius 1 is 1.23 bits per heavy atom. The van der Waals surface area contributed by atoms with Crippen molar-refractivity contribution in [3.05, 3.63) is 46.8 Å². The van der Waals surface area contributed by atoms with E-state index in [2.05, 4.69) is 37.3 Å². The number of aryl methyl sites for hydroxylation is 2. The second kappa shape index (κ2) is 8.23. The molecule has 0 radical (unpaired) electrons. The Morgan fingerprint density at radius 2 is 2.04 bits per heavy atom. The first-order valence-corrected chi connectivity index (χ1v) is 9.61. The van der Waals surface area contributed by atoms with Crippen molar-refractivity contribution in [1.29, 1.82) is 0 Å². The summed E-state index contributed by atoms with van der Waals surface area (Å²) in [5.41, 5.74) is 4.73. The van der Waals surface area contributed by atoms with Crippen molar-refractivity contribution in [2.75, 3.05) is 6.54 Å². The molecule has 3 atom stereocenters. The van der Waals surface area contributed by atoms with E-state index in [1.165, 1.54) is 16.8 Å². The third-order valence-electron chi connectivity index (χ3n) is 5.55. The Morgan fingerprint density at radius 3 is 2.73 bits per heavy atom. The molecule has 5 nitrogen and oxygen atoms in total. The van der Waals surface area contributed by atoms with Crippen LogP contribution in [-0.4, -0.2) is 39.7 Å². The third-order valence-corrected chi connectivity index (χ3v) is 5.55. The molecule has 3 rings (SSSR count). The lowest BCUT2D eigenvalue weighted by Crippen LogP contribution is -2.51. The van der Waals surface area contributed by atoms with Crippen molar-refractivity contribution < 1.29 is 9.84 Å². The minimum absolute atomic E-state index is 0.0663. The van der Waals surface area contributed by atoms with Gasteiger partial charge in [-0.15, -0.1) is 0 Å². The van der Waals surface area contributed by atoms with Crippen LogP contribution in [0, 0.1) is 27.7 Å². The van der Waals surface area contributed by atoms with Crippen LogP contribution in [0.5, 0.6) is 5.75 Å². The van der Waals surface area contributed by atoms with Crippen molar-refractivity contribution in [3.63, 3.8) is 0 Å². The lowest BCUT2D eigenvalue weighted by Gasteiger charge is -2.35. The van der Waals surface area contributed by atoms with Gasteiger partial charge in [0, 0.05) is 18.3 Å². The summed E-state index contributed by atoms with van der Waals surface area (Å²) in [4.78, 5) is 0. The third kappa shape index (κ3) is 4.27. The highest BCUT2D eigenvalue weighted by Gasteiger charge is 2.33. The Balaban J connectivity index is 1.54. The minimum Gasteiger partial charge on any atom is -0.488 e. The minimum atomic E-state index is -0.494. The van der Waals surface area contributed by atoms with Crippen LogP contribution in [0.15, 0.2) is 24.3 Å². The topological polar surface area (TPSA) is 59.3 Å². The Kier molecular flexibility index (Phi) is 5.99. The molecule has 5 heteroatoms. The van der Waals surface area contributed by atoms with Crippen LogP contribution in [0.25, 0.3) is 0 Å². The number of aromatic nitrogens is 2. The molecule has 1 aliphatic carbocycles. The number of nitrogens with one attached hydrogen (secondary N) is 1. The van der Waals surface area contributed by atoms with Gasteiger partial charge in [0.2, 0.25) is 0 Å². The first-order chi connectivity index (χ1) is 12.5. The van der Waals surface area contributed by atoms with Crippen LogP contribution >= 0.6 is 0 Å². The van der Waals surface area contributed by atoms with Gasteiger partial charge in [-0.2, -0.15) is 5.10 Å². The molecule has 0 bridgehead atoms. The number of aliphatic hydroxyl groups is 1. The fourth-order valence-electron chi connectivity index (χ4n) is 3.71. The van der Waals surface area contributed by atoms with Gasteiger partial charge in [-0.05, 0) is 70.2 Å². The number of ether oxygens (including phenoxy) is 1. The number of benzene rings is 1. The smallest absolute Gasteiger partial charge is 0.126 e. The van der Waals surface area contributed by atoms with E-state index in [-0.39, 0.29) is 12.1 Å². The molecule has 0 amide bonds. The van der Waals surface area contributed by atoms with Gasteiger partial charge in [0.1, 0.15) is 18.0 Å². The highest BCUT2D eigenvalue weighted by molar-refractivity contribution is 5.27. The van der Waals surface area contributed by atoms with Gasteiger partial charge in [-0.3, -0.25) is 4.68 Å². The van der Waals surface area contributed by atoms with E-state index >= 15 is 0 Å². The predicted octanol–water partition coefficient (Wildman–Crippen LogP) is 3.07. The van der Waals surface area contributed by atoms with E-state index in [1.807, 2.05) is 29.8 Å². The maximum Gasteiger partial charge on any atom is 0.126 e. The van der Waals surface area contributed by atoms with Gasteiger partial charge in [-0.1, -0.05) is 12.1 Å². The highest BCUT2D eigenvalue weighted by Crippen LogP contribution is 2.25. The summed E-state index contributed by atoms with van der Waals surface area (Å²) in [6.07, 6.45) is 2.28. The number of rotatable bonds is 6. The van der Waals surface area contributed by atoms with Gasteiger partial charge in [0.15, 0.2) is 0 Å². The van der Waals surface area contributed by atoms with Crippen LogP contribution in [0.3, 0.4) is 0 Å². The van der Waals surface area contributed by atoms with Crippen LogP contribution in [0.1, 0.15) is 41.8 Å². The van der Waals surface area contributed by atoms with Gasteiger partial charge in [0.25, 0.3) is 0 Å². The fourth-order valence-corrected chi connectivity index (χ4v) is 3.71. The van der Waals surface area contributed by atoms with Crippen molar-refractivity contribution in [2.24, 2.45) is 0 Å². The normalized spacial score (nSPS) is 23.2. The average Bonchev–Trinajstić information content (AvgIpc) is 2.85. The maximum atomic E-state index is 10.7. The quantitative estimate of drug-likeness (QED) is 0.834. The zero-order chi connectivity index (χ0) is 18.7. The van der Waals surface area contributed by atoms with E-state index < -0.39 is 6.10 Å². The fraction of sp³-hybridized carbons (Fsp3) is 0.571. The summed E-state index contributed by atoms with van der Waals surface area (Å²) >= 11 is 0. The van der Waals surface area contributed by atoms with E-state index in [0.29, 0.717) is 0 Å². The van der Waals surface area contributed by atoms with Crippen LogP contribution < -0.4 is 10.1 Å². The Bertz CT molecular complexity index is 741. The summed E-state index contributed by atoms with van der Waals surface area (Å²) in [5, 5.41) is 18.8. The van der Waals surface area contributed by atoms with E-state index in [0.717, 1.165) is 43.8 Å². The molecule has 1 aromatic carbocycles. The summed E-state index contributed by atoms with van der Waals surface area (Å²) in [7, 11) is 0. The maximum absolute atomic E-state index is 10.7. The molecule has 0 unspecified atom stereocenters.